The highest BCUT2D eigenvalue weighted by molar-refractivity contribution is 7.99. The number of nitrogens with zero attached hydrogens (tertiary/aromatic N) is 1. The molecule has 2 nitrogen and oxygen atoms in total. The summed E-state index contributed by atoms with van der Waals surface area (Å²) in [6.45, 7) is 3.96. The fraction of sp³-hybridized carbons (Fsp3) is 0.500. The first-order chi connectivity index (χ1) is 8.44. The Morgan fingerprint density at radius 2 is 2.11 bits per heavy atom. The maximum atomic E-state index is 8.91. The molecule has 1 aromatic carbocycles. The molecule has 1 rings (SSSR count). The molecule has 0 spiro atoms. The van der Waals surface area contributed by atoms with E-state index in [0.717, 1.165) is 40.6 Å². The number of anilines is 1. The maximum absolute atomic E-state index is 8.91. The Balaban J connectivity index is 2.30. The molecule has 0 saturated heterocycles. The molecule has 98 valence electrons. The summed E-state index contributed by atoms with van der Waals surface area (Å²) in [5.74, 6) is 1.01. The van der Waals surface area contributed by atoms with Gasteiger partial charge >= 0.3 is 0 Å². The number of unbranched alkanes of at least 4 members (excludes halogenated alkanes) is 1. The lowest BCUT2D eigenvalue weighted by atomic mass is 9.89. The van der Waals surface area contributed by atoms with Gasteiger partial charge in [-0.25, -0.2) is 0 Å². The van der Waals surface area contributed by atoms with Gasteiger partial charge in [0.05, 0.1) is 11.5 Å². The van der Waals surface area contributed by atoms with Crippen LogP contribution in [0.1, 0.15) is 33.1 Å². The molecule has 0 saturated carbocycles. The largest absolute Gasteiger partial charge is 0.398 e. The number of hydrogen-bond acceptors (Lipinski definition) is 3. The molecule has 0 bridgehead atoms. The summed E-state index contributed by atoms with van der Waals surface area (Å²) < 4.78 is 0. The third-order valence-electron chi connectivity index (χ3n) is 2.73. The second-order valence-corrected chi connectivity index (χ2v) is 6.56. The molecule has 0 heterocycles. The predicted octanol–water partition coefficient (Wildman–Crippen LogP) is 4.73. The zero-order chi connectivity index (χ0) is 13.6. The summed E-state index contributed by atoms with van der Waals surface area (Å²) in [6, 6.07) is 7.86. The third kappa shape index (κ3) is 5.20. The molecule has 0 unspecified atom stereocenters. The first-order valence-electron chi connectivity index (χ1n) is 6.04. The lowest BCUT2D eigenvalue weighted by Gasteiger charge is -2.14. The van der Waals surface area contributed by atoms with E-state index in [9.17, 15) is 0 Å². The van der Waals surface area contributed by atoms with E-state index in [1.807, 2.05) is 26.0 Å². The molecule has 0 aromatic heterocycles. The molecule has 0 radical (unpaired) electrons. The number of rotatable bonds is 6. The van der Waals surface area contributed by atoms with Crippen molar-refractivity contribution in [2.75, 3.05) is 11.5 Å². The van der Waals surface area contributed by atoms with Gasteiger partial charge in [0, 0.05) is 15.6 Å². The third-order valence-corrected chi connectivity index (χ3v) is 4.12. The average Bonchev–Trinajstić information content (AvgIpc) is 2.33. The van der Waals surface area contributed by atoms with Crippen molar-refractivity contribution in [1.29, 1.82) is 5.26 Å². The zero-order valence-electron chi connectivity index (χ0n) is 10.9. The van der Waals surface area contributed by atoms with E-state index in [4.69, 9.17) is 22.6 Å². The van der Waals surface area contributed by atoms with Crippen LogP contribution < -0.4 is 5.73 Å². The Kier molecular flexibility index (Phi) is 5.84. The van der Waals surface area contributed by atoms with E-state index in [2.05, 4.69) is 6.07 Å². The normalized spacial score (nSPS) is 11.2. The van der Waals surface area contributed by atoms with Gasteiger partial charge in [0.25, 0.3) is 0 Å². The number of benzene rings is 1. The minimum Gasteiger partial charge on any atom is -0.398 e. The van der Waals surface area contributed by atoms with Crippen LogP contribution in [0.5, 0.6) is 0 Å². The van der Waals surface area contributed by atoms with Crippen molar-refractivity contribution in [3.05, 3.63) is 23.2 Å². The minimum absolute atomic E-state index is 0.209. The lowest BCUT2D eigenvalue weighted by molar-refractivity contribution is 0.433. The summed E-state index contributed by atoms with van der Waals surface area (Å²) in [7, 11) is 0. The Bertz CT molecular complexity index is 438. The van der Waals surface area contributed by atoms with Crippen LogP contribution >= 0.6 is 23.4 Å². The molecule has 1 aromatic rings. The topological polar surface area (TPSA) is 49.8 Å². The van der Waals surface area contributed by atoms with E-state index in [-0.39, 0.29) is 5.41 Å². The fourth-order valence-corrected chi connectivity index (χ4v) is 2.79. The molecular formula is C14H19ClN2S. The van der Waals surface area contributed by atoms with Crippen LogP contribution in [0, 0.1) is 16.7 Å². The molecule has 0 amide bonds. The number of nitrogens with two attached hydrogens (primary N) is 1. The summed E-state index contributed by atoms with van der Waals surface area (Å²) >= 11 is 7.66. The number of nitriles is 1. The Labute approximate surface area is 119 Å². The van der Waals surface area contributed by atoms with Gasteiger partial charge in [-0.05, 0) is 50.6 Å². The monoisotopic (exact) mass is 282 g/mol. The smallest absolute Gasteiger partial charge is 0.0683 e. The first kappa shape index (κ1) is 15.2. The second kappa shape index (κ2) is 6.92. The highest BCUT2D eigenvalue weighted by atomic mass is 35.5. The molecule has 2 N–H and O–H groups in total. The number of nitrogen functional groups attached to an aromatic ring is 1. The molecule has 0 aliphatic rings. The van der Waals surface area contributed by atoms with Crippen molar-refractivity contribution in [2.24, 2.45) is 5.41 Å². The molecule has 4 heteroatoms. The first-order valence-corrected chi connectivity index (χ1v) is 7.40. The summed E-state index contributed by atoms with van der Waals surface area (Å²) in [5, 5.41) is 9.63. The molecule has 0 aliphatic carbocycles. The van der Waals surface area contributed by atoms with E-state index >= 15 is 0 Å². The molecule has 18 heavy (non-hydrogen) atoms. The van der Waals surface area contributed by atoms with Crippen molar-refractivity contribution in [3.63, 3.8) is 0 Å². The van der Waals surface area contributed by atoms with Crippen molar-refractivity contribution in [3.8, 4) is 6.07 Å². The van der Waals surface area contributed by atoms with E-state index in [1.54, 1.807) is 17.8 Å². The highest BCUT2D eigenvalue weighted by Crippen LogP contribution is 2.29. The fourth-order valence-electron chi connectivity index (χ4n) is 1.54. The van der Waals surface area contributed by atoms with Crippen LogP contribution in [0.3, 0.4) is 0 Å². The van der Waals surface area contributed by atoms with Crippen LogP contribution in [-0.4, -0.2) is 5.75 Å². The predicted molar refractivity (Wildman–Crippen MR) is 79.8 cm³/mol. The zero-order valence-corrected chi connectivity index (χ0v) is 12.4. The van der Waals surface area contributed by atoms with Gasteiger partial charge in [0.2, 0.25) is 0 Å². The van der Waals surface area contributed by atoms with Crippen molar-refractivity contribution < 1.29 is 0 Å². The molecular weight excluding hydrogens is 264 g/mol. The van der Waals surface area contributed by atoms with Gasteiger partial charge in [0.1, 0.15) is 0 Å². The Hall–Kier alpha value is -0.850. The van der Waals surface area contributed by atoms with Crippen LogP contribution in [0.4, 0.5) is 5.69 Å². The Morgan fingerprint density at radius 1 is 1.39 bits per heavy atom. The highest BCUT2D eigenvalue weighted by Gasteiger charge is 2.15. The number of thioether (sulfide) groups is 1. The van der Waals surface area contributed by atoms with Gasteiger partial charge in [-0.2, -0.15) is 5.26 Å². The maximum Gasteiger partial charge on any atom is 0.0683 e. The standard InChI is InChI=1S/C14H19ClN2S/c1-14(2,10-16)7-3-4-8-18-13-9-11(15)5-6-12(13)17/h5-6,9H,3-4,7-8,17H2,1-2H3. The Morgan fingerprint density at radius 3 is 2.78 bits per heavy atom. The van der Waals surface area contributed by atoms with Crippen LogP contribution in [0.15, 0.2) is 23.1 Å². The van der Waals surface area contributed by atoms with E-state index in [0.29, 0.717) is 0 Å². The van der Waals surface area contributed by atoms with Crippen molar-refractivity contribution in [2.45, 2.75) is 38.0 Å². The van der Waals surface area contributed by atoms with Crippen LogP contribution in [0.25, 0.3) is 0 Å². The quantitative estimate of drug-likeness (QED) is 0.466. The molecule has 0 aliphatic heterocycles. The number of hydrogen-bond donors (Lipinski definition) is 1. The SMILES string of the molecule is CC(C)(C#N)CCCCSc1cc(Cl)ccc1N. The summed E-state index contributed by atoms with van der Waals surface area (Å²) in [4.78, 5) is 1.04. The van der Waals surface area contributed by atoms with Gasteiger partial charge in [-0.15, -0.1) is 11.8 Å². The molecule has 0 atom stereocenters. The van der Waals surface area contributed by atoms with E-state index < -0.39 is 0 Å². The van der Waals surface area contributed by atoms with Gasteiger partial charge in [-0.3, -0.25) is 0 Å². The van der Waals surface area contributed by atoms with Crippen LogP contribution in [-0.2, 0) is 0 Å². The van der Waals surface area contributed by atoms with Gasteiger partial charge in [-0.1, -0.05) is 18.0 Å². The van der Waals surface area contributed by atoms with Gasteiger partial charge in [0.15, 0.2) is 0 Å². The van der Waals surface area contributed by atoms with E-state index in [1.165, 1.54) is 0 Å². The van der Waals surface area contributed by atoms with Crippen molar-refractivity contribution >= 4 is 29.1 Å². The number of halogens is 1. The van der Waals surface area contributed by atoms with Crippen molar-refractivity contribution in [1.82, 2.24) is 0 Å². The molecule has 0 fully saturated rings. The second-order valence-electron chi connectivity index (χ2n) is 4.98. The van der Waals surface area contributed by atoms with Gasteiger partial charge < -0.3 is 5.73 Å². The lowest BCUT2D eigenvalue weighted by Crippen LogP contribution is -2.07. The minimum atomic E-state index is -0.209. The van der Waals surface area contributed by atoms with Crippen LogP contribution in [0.2, 0.25) is 5.02 Å². The average molecular weight is 283 g/mol. The summed E-state index contributed by atoms with van der Waals surface area (Å²) in [5.41, 5.74) is 6.44. The summed E-state index contributed by atoms with van der Waals surface area (Å²) in [6.07, 6.45) is 3.09.